The summed E-state index contributed by atoms with van der Waals surface area (Å²) in [5, 5.41) is 24.4. The number of non-ortho nitro benzene ring substituents is 2. The Balaban J connectivity index is 1.86. The van der Waals surface area contributed by atoms with Crippen LogP contribution < -0.4 is 5.32 Å². The molecule has 9 nitrogen and oxygen atoms in total. The summed E-state index contributed by atoms with van der Waals surface area (Å²) in [6, 6.07) is 12.9. The van der Waals surface area contributed by atoms with E-state index in [4.69, 9.17) is 0 Å². The van der Waals surface area contributed by atoms with Gasteiger partial charge in [-0.3, -0.25) is 25.0 Å². The summed E-state index contributed by atoms with van der Waals surface area (Å²) in [4.78, 5) is 34.5. The van der Waals surface area contributed by atoms with Gasteiger partial charge in [-0.05, 0) is 25.6 Å². The first-order chi connectivity index (χ1) is 12.9. The van der Waals surface area contributed by atoms with Crippen LogP contribution in [0.3, 0.4) is 0 Å². The lowest BCUT2D eigenvalue weighted by atomic mass is 10.1. The van der Waals surface area contributed by atoms with Gasteiger partial charge < -0.3 is 10.2 Å². The molecule has 2 aromatic carbocycles. The van der Waals surface area contributed by atoms with Crippen molar-refractivity contribution in [1.82, 2.24) is 10.2 Å². The average molecular weight is 372 g/mol. The molecular formula is C18H20N4O5. The third-order valence-corrected chi connectivity index (χ3v) is 3.88. The highest BCUT2D eigenvalue weighted by Gasteiger charge is 2.19. The zero-order valence-electron chi connectivity index (χ0n) is 14.8. The molecule has 9 heteroatoms. The van der Waals surface area contributed by atoms with Gasteiger partial charge in [0, 0.05) is 25.2 Å². The van der Waals surface area contributed by atoms with Gasteiger partial charge in [-0.1, -0.05) is 30.3 Å². The number of nitrogens with zero attached hydrogens (tertiary/aromatic N) is 3. The Hall–Kier alpha value is -3.33. The first-order valence-electron chi connectivity index (χ1n) is 8.31. The zero-order valence-corrected chi connectivity index (χ0v) is 14.8. The van der Waals surface area contributed by atoms with E-state index in [1.807, 2.05) is 37.4 Å². The Morgan fingerprint density at radius 1 is 1.04 bits per heavy atom. The second-order valence-corrected chi connectivity index (χ2v) is 6.09. The summed E-state index contributed by atoms with van der Waals surface area (Å²) in [7, 11) is 1.97. The molecule has 0 aromatic heterocycles. The van der Waals surface area contributed by atoms with Crippen LogP contribution in [-0.2, 0) is 6.54 Å². The van der Waals surface area contributed by atoms with Crippen LogP contribution in [0.5, 0.6) is 0 Å². The van der Waals surface area contributed by atoms with E-state index in [-0.39, 0.29) is 5.56 Å². The summed E-state index contributed by atoms with van der Waals surface area (Å²) in [6.07, 6.45) is 0.673. The van der Waals surface area contributed by atoms with Gasteiger partial charge in [-0.15, -0.1) is 0 Å². The van der Waals surface area contributed by atoms with Crippen molar-refractivity contribution >= 4 is 17.3 Å². The van der Waals surface area contributed by atoms with Crippen molar-refractivity contribution in [3.05, 3.63) is 79.9 Å². The third-order valence-electron chi connectivity index (χ3n) is 3.88. The van der Waals surface area contributed by atoms with Gasteiger partial charge in [0.2, 0.25) is 0 Å². The van der Waals surface area contributed by atoms with Crippen LogP contribution in [-0.4, -0.2) is 40.8 Å². The number of hydrogen-bond acceptors (Lipinski definition) is 6. The molecule has 0 bridgehead atoms. The molecule has 2 aromatic rings. The molecule has 27 heavy (non-hydrogen) atoms. The molecular weight excluding hydrogens is 352 g/mol. The first-order valence-corrected chi connectivity index (χ1v) is 8.31. The Labute approximate surface area is 155 Å². The van der Waals surface area contributed by atoms with E-state index in [0.29, 0.717) is 13.0 Å². The van der Waals surface area contributed by atoms with Gasteiger partial charge in [0.1, 0.15) is 0 Å². The minimum absolute atomic E-state index is 0.103. The third kappa shape index (κ3) is 6.15. The summed E-state index contributed by atoms with van der Waals surface area (Å²) in [5.74, 6) is -0.576. The smallest absolute Gasteiger partial charge is 0.277 e. The van der Waals surface area contributed by atoms with E-state index in [2.05, 4.69) is 10.2 Å². The van der Waals surface area contributed by atoms with Crippen molar-refractivity contribution in [1.29, 1.82) is 0 Å². The second-order valence-electron chi connectivity index (χ2n) is 6.09. The van der Waals surface area contributed by atoms with Gasteiger partial charge in [0.25, 0.3) is 17.3 Å². The Kier molecular flexibility index (Phi) is 6.95. The number of nitrogens with one attached hydrogen (secondary N) is 1. The molecule has 1 N–H and O–H groups in total. The van der Waals surface area contributed by atoms with Gasteiger partial charge >= 0.3 is 0 Å². The van der Waals surface area contributed by atoms with Crippen LogP contribution in [0.4, 0.5) is 11.4 Å². The maximum atomic E-state index is 12.2. The molecule has 0 unspecified atom stereocenters. The molecule has 0 fully saturated rings. The Morgan fingerprint density at radius 2 is 1.63 bits per heavy atom. The van der Waals surface area contributed by atoms with Crippen molar-refractivity contribution in [2.45, 2.75) is 13.0 Å². The van der Waals surface area contributed by atoms with E-state index >= 15 is 0 Å². The molecule has 1 amide bonds. The maximum Gasteiger partial charge on any atom is 0.277 e. The van der Waals surface area contributed by atoms with E-state index in [0.717, 1.165) is 31.3 Å². The topological polar surface area (TPSA) is 119 Å². The molecule has 2 rings (SSSR count). The lowest BCUT2D eigenvalue weighted by Crippen LogP contribution is -2.28. The van der Waals surface area contributed by atoms with E-state index in [1.54, 1.807) is 0 Å². The number of rotatable bonds is 9. The van der Waals surface area contributed by atoms with E-state index in [1.165, 1.54) is 5.56 Å². The van der Waals surface area contributed by atoms with Gasteiger partial charge in [-0.25, -0.2) is 0 Å². The lowest BCUT2D eigenvalue weighted by Gasteiger charge is -2.16. The summed E-state index contributed by atoms with van der Waals surface area (Å²) in [6.45, 7) is 1.88. The molecule has 0 saturated heterocycles. The van der Waals surface area contributed by atoms with Crippen LogP contribution in [0.2, 0.25) is 0 Å². The Bertz CT molecular complexity index is 794. The number of nitro benzene ring substituents is 2. The highest BCUT2D eigenvalue weighted by molar-refractivity contribution is 5.95. The van der Waals surface area contributed by atoms with Crippen LogP contribution in [0.25, 0.3) is 0 Å². The average Bonchev–Trinajstić information content (AvgIpc) is 2.65. The summed E-state index contributed by atoms with van der Waals surface area (Å²) >= 11 is 0. The van der Waals surface area contributed by atoms with E-state index in [9.17, 15) is 25.0 Å². The highest BCUT2D eigenvalue weighted by Crippen LogP contribution is 2.22. The summed E-state index contributed by atoms with van der Waals surface area (Å²) < 4.78 is 0. The predicted octanol–water partition coefficient (Wildman–Crippen LogP) is 2.75. The molecule has 0 atom stereocenters. The summed E-state index contributed by atoms with van der Waals surface area (Å²) in [5.41, 5.74) is 0.107. The molecule has 0 aliphatic rings. The highest BCUT2D eigenvalue weighted by atomic mass is 16.6. The van der Waals surface area contributed by atoms with Crippen molar-refractivity contribution in [2.75, 3.05) is 20.1 Å². The number of hydrogen-bond donors (Lipinski definition) is 1. The number of nitro groups is 2. The number of amides is 1. The van der Waals surface area contributed by atoms with Crippen LogP contribution >= 0.6 is 0 Å². The van der Waals surface area contributed by atoms with E-state index < -0.39 is 27.1 Å². The van der Waals surface area contributed by atoms with Crippen LogP contribution in [0, 0.1) is 20.2 Å². The standard InChI is InChI=1S/C18H20N4O5/c1-20(13-14-6-3-2-4-7-14)9-5-8-19-18(23)15-10-16(21(24)25)12-17(11-15)22(26)27/h2-4,6-7,10-12H,5,8-9,13H2,1H3,(H,19,23). The fourth-order valence-corrected chi connectivity index (χ4v) is 2.56. The monoisotopic (exact) mass is 372 g/mol. The molecule has 142 valence electrons. The van der Waals surface area contributed by atoms with Crippen molar-refractivity contribution in [3.8, 4) is 0 Å². The fourth-order valence-electron chi connectivity index (χ4n) is 2.56. The quantitative estimate of drug-likeness (QED) is 0.411. The number of carbonyl (C=O) groups excluding carboxylic acids is 1. The van der Waals surface area contributed by atoms with Crippen molar-refractivity contribution in [3.63, 3.8) is 0 Å². The van der Waals surface area contributed by atoms with Crippen LogP contribution in [0.15, 0.2) is 48.5 Å². The van der Waals surface area contributed by atoms with Crippen molar-refractivity contribution < 1.29 is 14.6 Å². The number of benzene rings is 2. The molecule has 0 saturated carbocycles. The molecule has 0 aliphatic carbocycles. The zero-order chi connectivity index (χ0) is 19.8. The molecule has 0 aliphatic heterocycles. The SMILES string of the molecule is CN(CCCNC(=O)c1cc([N+](=O)[O-])cc([N+](=O)[O-])c1)Cc1ccccc1. The molecule has 0 radical (unpaired) electrons. The van der Waals surface area contributed by atoms with Gasteiger partial charge in [-0.2, -0.15) is 0 Å². The largest absolute Gasteiger partial charge is 0.352 e. The molecule has 0 spiro atoms. The lowest BCUT2D eigenvalue weighted by molar-refractivity contribution is -0.394. The second kappa shape index (κ2) is 9.39. The fraction of sp³-hybridized carbons (Fsp3) is 0.278. The normalized spacial score (nSPS) is 10.6. The first kappa shape index (κ1) is 20.0. The predicted molar refractivity (Wildman–Crippen MR) is 99.5 cm³/mol. The maximum absolute atomic E-state index is 12.2. The van der Waals surface area contributed by atoms with Crippen molar-refractivity contribution in [2.24, 2.45) is 0 Å². The molecule has 0 heterocycles. The Morgan fingerprint density at radius 3 is 2.19 bits per heavy atom. The minimum atomic E-state index is -0.762. The van der Waals surface area contributed by atoms with Gasteiger partial charge in [0.05, 0.1) is 21.5 Å². The van der Waals surface area contributed by atoms with Crippen LogP contribution in [0.1, 0.15) is 22.3 Å². The van der Waals surface area contributed by atoms with Gasteiger partial charge in [0.15, 0.2) is 0 Å². The minimum Gasteiger partial charge on any atom is -0.352 e. The number of carbonyl (C=O) groups is 1.